The molecular weight excluding hydrogens is 234 g/mol. The number of rotatable bonds is 4. The molecule has 3 heteroatoms. The van der Waals surface area contributed by atoms with Crippen LogP contribution in [-0.4, -0.2) is 23.8 Å². The highest BCUT2D eigenvalue weighted by molar-refractivity contribution is 5.83. The van der Waals surface area contributed by atoms with E-state index in [1.807, 2.05) is 0 Å². The Kier molecular flexibility index (Phi) is 4.25. The van der Waals surface area contributed by atoms with Crippen LogP contribution < -0.4 is 5.73 Å². The van der Waals surface area contributed by atoms with Crippen LogP contribution in [0.4, 0.5) is 0 Å². The Bertz CT molecular complexity index is 428. The van der Waals surface area contributed by atoms with Gasteiger partial charge in [0, 0.05) is 12.0 Å². The molecule has 0 aliphatic carbocycles. The lowest BCUT2D eigenvalue weighted by atomic mass is 9.79. The van der Waals surface area contributed by atoms with Gasteiger partial charge in [-0.2, -0.15) is 0 Å². The van der Waals surface area contributed by atoms with Crippen LogP contribution in [-0.2, 0) is 13.0 Å². The predicted octanol–water partition coefficient (Wildman–Crippen LogP) is 2.79. The second-order valence-corrected chi connectivity index (χ2v) is 5.92. The van der Waals surface area contributed by atoms with Crippen LogP contribution in [0.5, 0.6) is 0 Å². The first kappa shape index (κ1) is 14.1. The number of benzene rings is 1. The Hall–Kier alpha value is -1.35. The van der Waals surface area contributed by atoms with Gasteiger partial charge in [0.05, 0.1) is 5.84 Å². The number of hydrogen-bond donors (Lipinski definition) is 2. The average Bonchev–Trinajstić information content (AvgIpc) is 2.42. The molecule has 1 aliphatic rings. The van der Waals surface area contributed by atoms with Crippen LogP contribution in [0.2, 0.25) is 0 Å². The van der Waals surface area contributed by atoms with E-state index >= 15 is 0 Å². The SMILES string of the molecule is CCc1ccc(CN2CCC(C)(C(=N)N)CC2)cc1. The summed E-state index contributed by atoms with van der Waals surface area (Å²) in [5.41, 5.74) is 8.39. The van der Waals surface area contributed by atoms with E-state index in [-0.39, 0.29) is 5.41 Å². The maximum absolute atomic E-state index is 7.68. The first-order chi connectivity index (χ1) is 9.03. The van der Waals surface area contributed by atoms with Crippen LogP contribution >= 0.6 is 0 Å². The number of likely N-dealkylation sites (tertiary alicyclic amines) is 1. The molecule has 0 saturated carbocycles. The normalized spacial score (nSPS) is 19.3. The summed E-state index contributed by atoms with van der Waals surface area (Å²) >= 11 is 0. The van der Waals surface area contributed by atoms with E-state index < -0.39 is 0 Å². The van der Waals surface area contributed by atoms with Crippen molar-refractivity contribution < 1.29 is 0 Å². The van der Waals surface area contributed by atoms with Crippen molar-refractivity contribution in [3.63, 3.8) is 0 Å². The fraction of sp³-hybridized carbons (Fsp3) is 0.562. The third kappa shape index (κ3) is 3.35. The minimum Gasteiger partial charge on any atom is -0.387 e. The maximum Gasteiger partial charge on any atom is 0.0966 e. The van der Waals surface area contributed by atoms with Gasteiger partial charge in [-0.3, -0.25) is 10.3 Å². The highest BCUT2D eigenvalue weighted by Gasteiger charge is 2.32. The molecule has 1 saturated heterocycles. The zero-order valence-corrected chi connectivity index (χ0v) is 12.1. The molecule has 0 bridgehead atoms. The highest BCUT2D eigenvalue weighted by atomic mass is 15.1. The minimum atomic E-state index is -0.0808. The highest BCUT2D eigenvalue weighted by Crippen LogP contribution is 2.31. The zero-order chi connectivity index (χ0) is 13.9. The number of aryl methyl sites for hydroxylation is 1. The summed E-state index contributed by atoms with van der Waals surface area (Å²) in [4.78, 5) is 2.46. The Morgan fingerprint density at radius 3 is 2.21 bits per heavy atom. The van der Waals surface area contributed by atoms with Crippen molar-refractivity contribution in [1.82, 2.24) is 4.90 Å². The zero-order valence-electron chi connectivity index (χ0n) is 12.1. The largest absolute Gasteiger partial charge is 0.387 e. The number of hydrogen-bond acceptors (Lipinski definition) is 2. The number of piperidine rings is 1. The molecule has 1 heterocycles. The van der Waals surface area contributed by atoms with Crippen LogP contribution in [0.3, 0.4) is 0 Å². The van der Waals surface area contributed by atoms with Gasteiger partial charge >= 0.3 is 0 Å². The molecular formula is C16H25N3. The molecule has 2 rings (SSSR count). The predicted molar refractivity (Wildman–Crippen MR) is 80.4 cm³/mol. The van der Waals surface area contributed by atoms with Crippen molar-refractivity contribution >= 4 is 5.84 Å². The number of nitrogens with one attached hydrogen (secondary N) is 1. The van der Waals surface area contributed by atoms with Crippen molar-refractivity contribution in [2.75, 3.05) is 13.1 Å². The number of nitrogens with zero attached hydrogens (tertiary/aromatic N) is 1. The van der Waals surface area contributed by atoms with E-state index in [9.17, 15) is 0 Å². The monoisotopic (exact) mass is 259 g/mol. The lowest BCUT2D eigenvalue weighted by Gasteiger charge is -2.38. The van der Waals surface area contributed by atoms with E-state index in [0.717, 1.165) is 38.9 Å². The molecule has 0 amide bonds. The molecule has 3 nitrogen and oxygen atoms in total. The van der Waals surface area contributed by atoms with Crippen molar-refractivity contribution in [3.05, 3.63) is 35.4 Å². The van der Waals surface area contributed by atoms with Crippen molar-refractivity contribution in [2.24, 2.45) is 11.1 Å². The van der Waals surface area contributed by atoms with Gasteiger partial charge in [0.1, 0.15) is 0 Å². The summed E-state index contributed by atoms with van der Waals surface area (Å²) in [6.45, 7) is 7.38. The third-order valence-electron chi connectivity index (χ3n) is 4.45. The van der Waals surface area contributed by atoms with Crippen molar-refractivity contribution in [2.45, 2.75) is 39.7 Å². The fourth-order valence-corrected chi connectivity index (χ4v) is 2.61. The molecule has 1 aromatic carbocycles. The third-order valence-corrected chi connectivity index (χ3v) is 4.45. The second-order valence-electron chi connectivity index (χ2n) is 5.92. The lowest BCUT2D eigenvalue weighted by molar-refractivity contribution is 0.156. The van der Waals surface area contributed by atoms with E-state index in [1.54, 1.807) is 0 Å². The minimum absolute atomic E-state index is 0.0808. The molecule has 0 unspecified atom stereocenters. The summed E-state index contributed by atoms with van der Waals surface area (Å²) in [6, 6.07) is 8.91. The van der Waals surface area contributed by atoms with Crippen LogP contribution in [0.25, 0.3) is 0 Å². The summed E-state index contributed by atoms with van der Waals surface area (Å²) < 4.78 is 0. The van der Waals surface area contributed by atoms with Gasteiger partial charge in [0.15, 0.2) is 0 Å². The number of amidine groups is 1. The Labute approximate surface area is 116 Å². The summed E-state index contributed by atoms with van der Waals surface area (Å²) in [5.74, 6) is 0.347. The smallest absolute Gasteiger partial charge is 0.0966 e. The van der Waals surface area contributed by atoms with Gasteiger partial charge in [0.2, 0.25) is 0 Å². The molecule has 19 heavy (non-hydrogen) atoms. The van der Waals surface area contributed by atoms with Gasteiger partial charge in [-0.25, -0.2) is 0 Å². The van der Waals surface area contributed by atoms with E-state index in [1.165, 1.54) is 11.1 Å². The van der Waals surface area contributed by atoms with Crippen LogP contribution in [0, 0.1) is 10.8 Å². The van der Waals surface area contributed by atoms with Gasteiger partial charge < -0.3 is 5.73 Å². The molecule has 1 aromatic rings. The van der Waals surface area contributed by atoms with Gasteiger partial charge in [-0.05, 0) is 43.5 Å². The summed E-state index contributed by atoms with van der Waals surface area (Å²) in [5, 5.41) is 7.68. The molecule has 104 valence electrons. The molecule has 1 fully saturated rings. The van der Waals surface area contributed by atoms with Crippen LogP contribution in [0.15, 0.2) is 24.3 Å². The van der Waals surface area contributed by atoms with Gasteiger partial charge in [0.25, 0.3) is 0 Å². The lowest BCUT2D eigenvalue weighted by Crippen LogP contribution is -2.44. The standard InChI is InChI=1S/C16H25N3/c1-3-13-4-6-14(7-5-13)12-19-10-8-16(2,9-11-19)15(17)18/h4-7H,3,8-12H2,1-2H3,(H3,17,18). The first-order valence-electron chi connectivity index (χ1n) is 7.18. The van der Waals surface area contributed by atoms with Gasteiger partial charge in [-0.1, -0.05) is 38.1 Å². The van der Waals surface area contributed by atoms with Gasteiger partial charge in [-0.15, -0.1) is 0 Å². The average molecular weight is 259 g/mol. The topological polar surface area (TPSA) is 53.1 Å². The second kappa shape index (κ2) is 5.74. The van der Waals surface area contributed by atoms with E-state index in [4.69, 9.17) is 11.1 Å². The molecule has 3 N–H and O–H groups in total. The number of nitrogens with two attached hydrogens (primary N) is 1. The fourth-order valence-electron chi connectivity index (χ4n) is 2.61. The Balaban J connectivity index is 1.90. The summed E-state index contributed by atoms with van der Waals surface area (Å²) in [7, 11) is 0. The maximum atomic E-state index is 7.68. The molecule has 0 radical (unpaired) electrons. The first-order valence-corrected chi connectivity index (χ1v) is 7.18. The van der Waals surface area contributed by atoms with E-state index in [0.29, 0.717) is 5.84 Å². The molecule has 0 atom stereocenters. The van der Waals surface area contributed by atoms with E-state index in [2.05, 4.69) is 43.0 Å². The molecule has 1 aliphatic heterocycles. The van der Waals surface area contributed by atoms with Crippen molar-refractivity contribution in [3.8, 4) is 0 Å². The molecule has 0 aromatic heterocycles. The molecule has 0 spiro atoms. The van der Waals surface area contributed by atoms with Crippen LogP contribution in [0.1, 0.15) is 37.8 Å². The quantitative estimate of drug-likeness (QED) is 0.645. The Morgan fingerprint density at radius 1 is 1.21 bits per heavy atom. The Morgan fingerprint density at radius 2 is 1.74 bits per heavy atom. The summed E-state index contributed by atoms with van der Waals surface area (Å²) in [6.07, 6.45) is 3.09. The van der Waals surface area contributed by atoms with Crippen molar-refractivity contribution in [1.29, 1.82) is 5.41 Å².